The van der Waals surface area contributed by atoms with Gasteiger partial charge in [0.1, 0.15) is 22.8 Å². The average molecular weight is 439 g/mol. The molecule has 0 bridgehead atoms. The van der Waals surface area contributed by atoms with Gasteiger partial charge >= 0.3 is 17.8 Å². The molecule has 2 heterocycles. The number of esters is 1. The molecule has 1 N–H and O–H groups in total. The lowest BCUT2D eigenvalue weighted by Gasteiger charge is -2.05. The molecule has 0 aliphatic carbocycles. The van der Waals surface area contributed by atoms with Gasteiger partial charge in [0.2, 0.25) is 0 Å². The van der Waals surface area contributed by atoms with Crippen molar-refractivity contribution in [2.45, 2.75) is 13.1 Å². The maximum Gasteiger partial charge on any atom is 0.431 e. The molecule has 6 nitrogen and oxygen atoms in total. The Kier molecular flexibility index (Phi) is 6.12. The van der Waals surface area contributed by atoms with Gasteiger partial charge in [0.05, 0.1) is 12.3 Å². The number of ether oxygens (including phenoxy) is 1. The van der Waals surface area contributed by atoms with Crippen LogP contribution >= 0.6 is 11.6 Å². The zero-order valence-corrected chi connectivity index (χ0v) is 16.2. The molecule has 156 valence electrons. The minimum absolute atomic E-state index is 0.0361. The fraction of sp³-hybridized carbons (Fsp3) is 0.150. The number of hydrogen-bond acceptors (Lipinski definition) is 5. The van der Waals surface area contributed by atoms with E-state index in [1.807, 2.05) is 0 Å². The second kappa shape index (κ2) is 8.58. The molecular weight excluding hydrogens is 425 g/mol. The number of hydrogen-bond donors (Lipinski definition) is 1. The quantitative estimate of drug-likeness (QED) is 0.563. The Morgan fingerprint density at radius 1 is 1.23 bits per heavy atom. The third-order valence-electron chi connectivity index (χ3n) is 3.86. The summed E-state index contributed by atoms with van der Waals surface area (Å²) >= 11 is 5.87. The number of carbonyl (C=O) groups is 1. The zero-order chi connectivity index (χ0) is 21.9. The molecule has 0 amide bonds. The molecule has 3 rings (SSSR count). The molecule has 0 aliphatic heterocycles. The van der Waals surface area contributed by atoms with Crippen LogP contribution < -0.4 is 5.69 Å². The van der Waals surface area contributed by atoms with E-state index in [1.54, 1.807) is 36.2 Å². The molecule has 10 heteroatoms. The van der Waals surface area contributed by atoms with Crippen LogP contribution in [0.4, 0.5) is 13.2 Å². The van der Waals surface area contributed by atoms with Gasteiger partial charge in [-0.25, -0.2) is 9.59 Å². The molecule has 0 saturated heterocycles. The van der Waals surface area contributed by atoms with Gasteiger partial charge in [-0.05, 0) is 55.5 Å². The van der Waals surface area contributed by atoms with Gasteiger partial charge in [-0.15, -0.1) is 0 Å². The van der Waals surface area contributed by atoms with Gasteiger partial charge in [-0.1, -0.05) is 11.6 Å². The van der Waals surface area contributed by atoms with Crippen molar-refractivity contribution in [1.29, 1.82) is 0 Å². The third-order valence-corrected chi connectivity index (χ3v) is 4.11. The number of halogens is 4. The number of rotatable bonds is 5. The van der Waals surface area contributed by atoms with E-state index < -0.39 is 23.5 Å². The summed E-state index contributed by atoms with van der Waals surface area (Å²) in [6.45, 7) is 1.75. The molecule has 0 aliphatic rings. The van der Waals surface area contributed by atoms with Crippen LogP contribution in [0.2, 0.25) is 5.02 Å². The lowest BCUT2D eigenvalue weighted by molar-refractivity contribution is -0.141. The van der Waals surface area contributed by atoms with E-state index in [-0.39, 0.29) is 23.6 Å². The van der Waals surface area contributed by atoms with Crippen LogP contribution in [0.25, 0.3) is 23.5 Å². The summed E-state index contributed by atoms with van der Waals surface area (Å²) in [4.78, 5) is 28.8. The van der Waals surface area contributed by atoms with Gasteiger partial charge in [0.15, 0.2) is 0 Å². The molecule has 2 aromatic heterocycles. The molecule has 0 unspecified atom stereocenters. The molecule has 0 saturated carbocycles. The van der Waals surface area contributed by atoms with Crippen molar-refractivity contribution in [3.63, 3.8) is 0 Å². The van der Waals surface area contributed by atoms with Crippen LogP contribution in [-0.2, 0) is 10.9 Å². The maximum absolute atomic E-state index is 12.9. The molecule has 1 aromatic carbocycles. The van der Waals surface area contributed by atoms with Crippen molar-refractivity contribution < 1.29 is 27.1 Å². The number of furan rings is 1. The number of carbonyl (C=O) groups excluding carboxylic acids is 1. The maximum atomic E-state index is 12.9. The van der Waals surface area contributed by atoms with E-state index in [4.69, 9.17) is 20.8 Å². The first-order valence-corrected chi connectivity index (χ1v) is 8.98. The van der Waals surface area contributed by atoms with E-state index in [1.165, 1.54) is 12.1 Å². The largest absolute Gasteiger partial charge is 0.462 e. The number of aromatic nitrogens is 2. The molecule has 0 spiro atoms. The van der Waals surface area contributed by atoms with Crippen molar-refractivity contribution in [3.05, 3.63) is 74.6 Å². The van der Waals surface area contributed by atoms with Crippen molar-refractivity contribution in [2.75, 3.05) is 6.61 Å². The smallest absolute Gasteiger partial charge is 0.431 e. The van der Waals surface area contributed by atoms with Crippen LogP contribution in [0.15, 0.2) is 45.6 Å². The standard InChI is InChI=1S/C20H14ClF3N2O4/c1-2-29-18(27)14-10-16(11-3-5-12(21)6-4-11)30-15(14)8-7-13-9-17(20(22,23)24)26-19(28)25-13/h3-10H,2H2,1H3,(H,25,26,28). The van der Waals surface area contributed by atoms with Crippen LogP contribution in [0.3, 0.4) is 0 Å². The summed E-state index contributed by atoms with van der Waals surface area (Å²) in [5.41, 5.74) is -1.96. The summed E-state index contributed by atoms with van der Waals surface area (Å²) in [6.07, 6.45) is -2.36. The van der Waals surface area contributed by atoms with E-state index >= 15 is 0 Å². The Labute approximate surface area is 173 Å². The van der Waals surface area contributed by atoms with Gasteiger partial charge < -0.3 is 14.1 Å². The Morgan fingerprint density at radius 2 is 1.93 bits per heavy atom. The minimum Gasteiger partial charge on any atom is -0.462 e. The van der Waals surface area contributed by atoms with Gasteiger partial charge in [-0.3, -0.25) is 0 Å². The highest BCUT2D eigenvalue weighted by Crippen LogP contribution is 2.29. The van der Waals surface area contributed by atoms with Crippen LogP contribution in [0, 0.1) is 0 Å². The summed E-state index contributed by atoms with van der Waals surface area (Å²) in [7, 11) is 0. The Hall–Kier alpha value is -3.33. The number of benzene rings is 1. The molecule has 3 aromatic rings. The first-order chi connectivity index (χ1) is 14.2. The van der Waals surface area contributed by atoms with Crippen molar-refractivity contribution in [3.8, 4) is 11.3 Å². The topological polar surface area (TPSA) is 85.2 Å². The summed E-state index contributed by atoms with van der Waals surface area (Å²) in [5, 5.41) is 0.511. The minimum atomic E-state index is -4.74. The second-order valence-corrected chi connectivity index (χ2v) is 6.41. The average Bonchev–Trinajstić information content (AvgIpc) is 3.10. The van der Waals surface area contributed by atoms with Gasteiger partial charge in [0.25, 0.3) is 0 Å². The first kappa shape index (κ1) is 21.4. The van der Waals surface area contributed by atoms with E-state index in [9.17, 15) is 22.8 Å². The Bertz CT molecular complexity index is 1150. The predicted octanol–water partition coefficient (Wildman–Crippen LogP) is 5.05. The fourth-order valence-corrected chi connectivity index (χ4v) is 2.66. The third kappa shape index (κ3) is 4.98. The molecule has 0 radical (unpaired) electrons. The summed E-state index contributed by atoms with van der Waals surface area (Å²) in [5.74, 6) is -0.311. The lowest BCUT2D eigenvalue weighted by atomic mass is 10.1. The van der Waals surface area contributed by atoms with Crippen LogP contribution in [0.5, 0.6) is 0 Å². The SMILES string of the molecule is CCOC(=O)c1cc(-c2ccc(Cl)cc2)oc1C=Cc1cc(C(F)(F)F)[nH]c(=O)n1. The highest BCUT2D eigenvalue weighted by atomic mass is 35.5. The van der Waals surface area contributed by atoms with Crippen LogP contribution in [0.1, 0.15) is 34.4 Å². The van der Waals surface area contributed by atoms with Crippen LogP contribution in [-0.4, -0.2) is 22.5 Å². The highest BCUT2D eigenvalue weighted by Gasteiger charge is 2.32. The molecular formula is C20H14ClF3N2O4. The predicted molar refractivity (Wildman–Crippen MR) is 104 cm³/mol. The lowest BCUT2D eigenvalue weighted by Crippen LogP contribution is -2.19. The highest BCUT2D eigenvalue weighted by molar-refractivity contribution is 6.30. The normalized spacial score (nSPS) is 11.8. The molecule has 0 atom stereocenters. The molecule has 0 fully saturated rings. The van der Waals surface area contributed by atoms with Gasteiger partial charge in [0, 0.05) is 10.6 Å². The van der Waals surface area contributed by atoms with Crippen molar-refractivity contribution >= 4 is 29.7 Å². The number of nitrogens with one attached hydrogen (secondary N) is 1. The molecule has 30 heavy (non-hydrogen) atoms. The number of aromatic amines is 1. The zero-order valence-electron chi connectivity index (χ0n) is 15.4. The monoisotopic (exact) mass is 438 g/mol. The number of H-pyrrole nitrogens is 1. The number of nitrogens with zero attached hydrogens (tertiary/aromatic N) is 1. The first-order valence-electron chi connectivity index (χ1n) is 8.61. The van der Waals surface area contributed by atoms with Crippen molar-refractivity contribution in [1.82, 2.24) is 9.97 Å². The van der Waals surface area contributed by atoms with E-state index in [2.05, 4.69) is 4.98 Å². The fourth-order valence-electron chi connectivity index (χ4n) is 2.53. The van der Waals surface area contributed by atoms with E-state index in [0.717, 1.165) is 6.08 Å². The van der Waals surface area contributed by atoms with Crippen molar-refractivity contribution in [2.24, 2.45) is 0 Å². The Balaban J connectivity index is 2.02. The van der Waals surface area contributed by atoms with Gasteiger partial charge in [-0.2, -0.15) is 18.2 Å². The Morgan fingerprint density at radius 3 is 2.57 bits per heavy atom. The van der Waals surface area contributed by atoms with E-state index in [0.29, 0.717) is 22.4 Å². The summed E-state index contributed by atoms with van der Waals surface area (Å²) in [6, 6.07) is 8.75. The summed E-state index contributed by atoms with van der Waals surface area (Å²) < 4.78 is 49.3. The second-order valence-electron chi connectivity index (χ2n) is 5.97. The number of alkyl halides is 3.